The highest BCUT2D eigenvalue weighted by Gasteiger charge is 2.29. The summed E-state index contributed by atoms with van der Waals surface area (Å²) in [5, 5.41) is 86.1. The van der Waals surface area contributed by atoms with Gasteiger partial charge in [-0.3, -0.25) is 68.3 Å². The van der Waals surface area contributed by atoms with E-state index in [1.807, 2.05) is 87.2 Å². The zero-order valence-corrected chi connectivity index (χ0v) is 53.1. The highest BCUT2D eigenvalue weighted by Crippen LogP contribution is 2.37. The summed E-state index contributed by atoms with van der Waals surface area (Å²) in [4.78, 5) is 68.6. The Labute approximate surface area is 563 Å². The molecule has 12 aromatic rings. The predicted molar refractivity (Wildman–Crippen MR) is 357 cm³/mol. The molecule has 0 radical (unpaired) electrons. The second-order valence-electron chi connectivity index (χ2n) is 23.2. The molecule has 31 heteroatoms. The molecule has 31 nitrogen and oxygen atoms in total. The first-order chi connectivity index (χ1) is 48.3. The van der Waals surface area contributed by atoms with E-state index in [2.05, 4.69) is 61.5 Å². The summed E-state index contributed by atoms with van der Waals surface area (Å²) in [5.41, 5.74) is 7.80. The maximum absolute atomic E-state index is 12.9. The van der Waals surface area contributed by atoms with E-state index in [1.54, 1.807) is 92.2 Å². The summed E-state index contributed by atoms with van der Waals surface area (Å²) >= 11 is 0. The van der Waals surface area contributed by atoms with E-state index in [4.69, 9.17) is 48.3 Å². The number of aliphatic hydroxyl groups excluding tert-OH is 3. The number of rotatable bonds is 15. The molecular weight excluding hydrogens is 1280 g/mol. The normalized spacial score (nSPS) is 17.8. The fraction of sp³-hybridized carbons (Fsp3) is 0.265. The van der Waals surface area contributed by atoms with Gasteiger partial charge in [0.2, 0.25) is 0 Å². The molecular formula is C68H70N18O13. The third-order valence-electron chi connectivity index (χ3n) is 16.6. The van der Waals surface area contributed by atoms with Crippen LogP contribution < -0.4 is 16.0 Å². The summed E-state index contributed by atoms with van der Waals surface area (Å²) in [6.45, 7) is -0.500. The van der Waals surface area contributed by atoms with Crippen molar-refractivity contribution in [1.29, 1.82) is 0 Å². The van der Waals surface area contributed by atoms with Gasteiger partial charge in [0.15, 0.2) is 17.3 Å². The Morgan fingerprint density at radius 3 is 0.919 bits per heavy atom. The Kier molecular flexibility index (Phi) is 22.7. The first kappa shape index (κ1) is 68.2. The van der Waals surface area contributed by atoms with Crippen molar-refractivity contribution in [2.45, 2.75) is 113 Å². The Hall–Kier alpha value is -12.2. The molecule has 12 heterocycles. The van der Waals surface area contributed by atoms with Crippen LogP contribution in [0.25, 0.3) is 68.1 Å². The summed E-state index contributed by atoms with van der Waals surface area (Å²) in [6, 6.07) is 27.3. The topological polar surface area (TPSA) is 440 Å². The van der Waals surface area contributed by atoms with Crippen LogP contribution in [0.15, 0.2) is 179 Å². The van der Waals surface area contributed by atoms with Gasteiger partial charge in [0.1, 0.15) is 34.4 Å². The fourth-order valence-corrected chi connectivity index (χ4v) is 11.6. The fourth-order valence-electron chi connectivity index (χ4n) is 11.6. The van der Waals surface area contributed by atoms with Gasteiger partial charge < -0.3 is 54.7 Å². The second-order valence-corrected chi connectivity index (χ2v) is 23.2. The van der Waals surface area contributed by atoms with Crippen molar-refractivity contribution in [2.24, 2.45) is 0 Å². The minimum atomic E-state index is -0.370. The molecule has 0 bridgehead atoms. The molecule has 0 spiro atoms. The third-order valence-corrected chi connectivity index (χ3v) is 16.6. The Morgan fingerprint density at radius 1 is 0.414 bits per heavy atom. The Bertz CT molecular complexity index is 4030. The monoisotopic (exact) mass is 1350 g/mol. The van der Waals surface area contributed by atoms with Gasteiger partial charge >= 0.3 is 0 Å². The number of hydrogen-bond acceptors (Lipinski definition) is 20. The van der Waals surface area contributed by atoms with Crippen molar-refractivity contribution in [2.75, 3.05) is 16.0 Å². The van der Waals surface area contributed by atoms with Crippen LogP contribution in [0.1, 0.15) is 127 Å². The van der Waals surface area contributed by atoms with Gasteiger partial charge in [0.05, 0.1) is 106 Å². The maximum atomic E-state index is 12.9. The van der Waals surface area contributed by atoms with Crippen LogP contribution in [0.3, 0.4) is 0 Å². The van der Waals surface area contributed by atoms with Gasteiger partial charge in [0.25, 0.3) is 30.7 Å². The van der Waals surface area contributed by atoms with E-state index in [-0.39, 0.29) is 84.4 Å². The highest BCUT2D eigenvalue weighted by molar-refractivity contribution is 6.06. The number of nitrogens with one attached hydrogen (secondary N) is 6. The molecule has 3 aliphatic carbocycles. The first-order valence-electron chi connectivity index (χ1n) is 31.8. The highest BCUT2D eigenvalue weighted by atomic mass is 16.4. The molecule has 3 amide bonds. The number of carboxylic acid groups (broad SMARTS) is 2. The number of nitrogens with zero attached hydrogens (tertiary/aromatic N) is 12. The lowest BCUT2D eigenvalue weighted by atomic mass is 9.93. The number of hydrogen-bond donors (Lipinski definition) is 11. The molecule has 3 saturated carbocycles. The molecule has 0 saturated heterocycles. The lowest BCUT2D eigenvalue weighted by Crippen LogP contribution is -2.21. The maximum Gasteiger partial charge on any atom is 0.291 e. The number of H-pyrrole nitrogens is 3. The first-order valence-corrected chi connectivity index (χ1v) is 31.8. The van der Waals surface area contributed by atoms with Crippen LogP contribution in [0.2, 0.25) is 0 Å². The van der Waals surface area contributed by atoms with E-state index in [1.165, 1.54) is 0 Å². The van der Waals surface area contributed by atoms with Crippen LogP contribution >= 0.6 is 0 Å². The van der Waals surface area contributed by atoms with Gasteiger partial charge in [-0.2, -0.15) is 30.6 Å². The van der Waals surface area contributed by atoms with E-state index in [0.29, 0.717) is 68.5 Å². The predicted octanol–water partition coefficient (Wildman–Crippen LogP) is 10.4. The number of carbonyl (C=O) groups excluding carboxylic acids is 3. The van der Waals surface area contributed by atoms with E-state index >= 15 is 0 Å². The molecule has 3 fully saturated rings. The summed E-state index contributed by atoms with van der Waals surface area (Å²) in [5.74, 6) is 1.13. The van der Waals surface area contributed by atoms with E-state index in [0.717, 1.165) is 93.7 Å². The molecule has 99 heavy (non-hydrogen) atoms. The van der Waals surface area contributed by atoms with Gasteiger partial charge in [-0.1, -0.05) is 18.2 Å². The SMILES string of the molecule is O=C(Nc1cn(C2CCC(O)CC2)nc1-c1ccccn1)c1ccc(-c2cn[nH]c2)o1.O=C(Nc1cn(C2CCC(O)CC2)nc1-c1ccccn1)c1ccc(-c2cn[nH]c2)o1.O=C(Nc1cn(C2CCC(O)CC2)nc1-c1ccccn1)c1ccc(-c2cn[nH]c2)o1.O=CO.O=CO. The Balaban J connectivity index is 0.000000144. The minimum absolute atomic E-state index is 0.174. The van der Waals surface area contributed by atoms with Gasteiger partial charge in [-0.05, 0) is 150 Å². The number of carbonyl (C=O) groups is 5. The zero-order valence-electron chi connectivity index (χ0n) is 53.1. The smallest absolute Gasteiger partial charge is 0.291 e. The van der Waals surface area contributed by atoms with E-state index < -0.39 is 0 Å². The van der Waals surface area contributed by atoms with Crippen molar-refractivity contribution in [3.63, 3.8) is 0 Å². The number of aliphatic hydroxyl groups is 3. The summed E-state index contributed by atoms with van der Waals surface area (Å²) in [7, 11) is 0. The van der Waals surface area contributed by atoms with E-state index in [9.17, 15) is 29.7 Å². The van der Waals surface area contributed by atoms with Crippen molar-refractivity contribution in [3.05, 3.63) is 183 Å². The number of furan rings is 3. The lowest BCUT2D eigenvalue weighted by Gasteiger charge is -2.25. The van der Waals surface area contributed by atoms with Gasteiger partial charge in [-0.15, -0.1) is 0 Å². The molecule has 510 valence electrons. The number of amides is 3. The van der Waals surface area contributed by atoms with Gasteiger partial charge in [-0.25, -0.2) is 0 Å². The molecule has 11 N–H and O–H groups in total. The van der Waals surface area contributed by atoms with Crippen LogP contribution in [-0.4, -0.2) is 149 Å². The Morgan fingerprint density at radius 2 is 0.687 bits per heavy atom. The molecule has 0 atom stereocenters. The van der Waals surface area contributed by atoms with Crippen LogP contribution in [-0.2, 0) is 9.59 Å². The molecule has 3 aliphatic rings. The average Bonchev–Trinajstić information content (AvgIpc) is 1.67. The number of anilines is 3. The number of aromatic nitrogens is 15. The average molecular weight is 1350 g/mol. The van der Waals surface area contributed by atoms with Crippen LogP contribution in [0, 0.1) is 0 Å². The largest absolute Gasteiger partial charge is 0.483 e. The van der Waals surface area contributed by atoms with Crippen molar-refractivity contribution >= 4 is 47.7 Å². The summed E-state index contributed by atoms with van der Waals surface area (Å²) < 4.78 is 22.7. The lowest BCUT2D eigenvalue weighted by molar-refractivity contribution is -0.123. The number of pyridine rings is 3. The number of aromatic amines is 3. The van der Waals surface area contributed by atoms with Crippen LogP contribution in [0.5, 0.6) is 0 Å². The van der Waals surface area contributed by atoms with Crippen molar-refractivity contribution < 1.29 is 62.8 Å². The molecule has 0 unspecified atom stereocenters. The van der Waals surface area contributed by atoms with Gasteiger partial charge in [0, 0.05) is 55.8 Å². The quantitative estimate of drug-likeness (QED) is 0.0425. The molecule has 15 rings (SSSR count). The molecule has 0 aromatic carbocycles. The van der Waals surface area contributed by atoms with Crippen molar-refractivity contribution in [3.8, 4) is 68.1 Å². The zero-order chi connectivity index (χ0) is 69.0. The minimum Gasteiger partial charge on any atom is -0.483 e. The molecule has 0 aliphatic heterocycles. The summed E-state index contributed by atoms with van der Waals surface area (Å²) in [6.07, 6.45) is 29.3. The second kappa shape index (κ2) is 33.0. The molecule has 12 aromatic heterocycles. The standard InChI is InChI=1S/3C22H22N6O3.2CH2O2/c3*29-16-6-4-15(5-7-16)28-13-18(21(27-28)17-3-1-2-10-23-17)26-22(30)20-9-8-19(31-20)14-11-24-25-12-14;2*2-1-3/h3*1-3,8-13,15-16,29H,4-7H2,(H,24,25)(H,26,30);2*1H,(H,2,3). The van der Waals surface area contributed by atoms with Crippen LogP contribution in [0.4, 0.5) is 17.1 Å². The third kappa shape index (κ3) is 17.4. The van der Waals surface area contributed by atoms with Crippen molar-refractivity contribution in [1.82, 2.24) is 74.9 Å².